The van der Waals surface area contributed by atoms with Gasteiger partial charge in [-0.25, -0.2) is 8.42 Å². The third-order valence-corrected chi connectivity index (χ3v) is 7.24. The van der Waals surface area contributed by atoms with Crippen LogP contribution in [-0.2, 0) is 16.4 Å². The van der Waals surface area contributed by atoms with Crippen molar-refractivity contribution >= 4 is 33.0 Å². The fourth-order valence-corrected chi connectivity index (χ4v) is 4.76. The predicted molar refractivity (Wildman–Crippen MR) is 107 cm³/mol. The van der Waals surface area contributed by atoms with Crippen LogP contribution in [0, 0.1) is 0 Å². The van der Waals surface area contributed by atoms with Crippen molar-refractivity contribution in [3.8, 4) is 0 Å². The van der Waals surface area contributed by atoms with Gasteiger partial charge in [0, 0.05) is 39.3 Å². The molecule has 0 aliphatic carbocycles. The number of piperazine rings is 1. The van der Waals surface area contributed by atoms with Gasteiger partial charge < -0.3 is 0 Å². The Labute approximate surface area is 165 Å². The van der Waals surface area contributed by atoms with Gasteiger partial charge in [-0.1, -0.05) is 53.5 Å². The van der Waals surface area contributed by atoms with E-state index in [9.17, 15) is 8.42 Å². The molecule has 0 bridgehead atoms. The number of hydrogen-bond donors (Lipinski definition) is 0. The van der Waals surface area contributed by atoms with E-state index in [4.69, 9.17) is 23.2 Å². The van der Waals surface area contributed by atoms with E-state index in [1.54, 1.807) is 30.3 Å². The lowest BCUT2D eigenvalue weighted by Gasteiger charge is -2.34. The highest BCUT2D eigenvalue weighted by Gasteiger charge is 2.21. The Hall–Kier alpha value is -1.11. The Kier molecular flexibility index (Phi) is 6.59. The molecule has 2 aromatic rings. The molecule has 0 spiro atoms. The maximum Gasteiger partial charge on any atom is 0.179 e. The van der Waals surface area contributed by atoms with Crippen molar-refractivity contribution in [3.05, 3.63) is 64.1 Å². The number of sulfone groups is 1. The summed E-state index contributed by atoms with van der Waals surface area (Å²) in [4.78, 5) is 4.92. The van der Waals surface area contributed by atoms with E-state index < -0.39 is 9.84 Å². The molecule has 7 heteroatoms. The van der Waals surface area contributed by atoms with Crippen molar-refractivity contribution in [1.29, 1.82) is 0 Å². The summed E-state index contributed by atoms with van der Waals surface area (Å²) in [5.41, 5.74) is 1.03. The van der Waals surface area contributed by atoms with Crippen molar-refractivity contribution in [2.75, 3.05) is 38.5 Å². The molecule has 4 nitrogen and oxygen atoms in total. The summed E-state index contributed by atoms with van der Waals surface area (Å²) in [6, 6.07) is 14.3. The smallest absolute Gasteiger partial charge is 0.179 e. The molecule has 1 saturated heterocycles. The minimum absolute atomic E-state index is 0.150. The Morgan fingerprint density at radius 3 is 2.19 bits per heavy atom. The lowest BCUT2D eigenvalue weighted by molar-refractivity contribution is 0.132. The largest absolute Gasteiger partial charge is 0.300 e. The zero-order valence-electron chi connectivity index (χ0n) is 14.4. The number of nitrogens with zero attached hydrogens (tertiary/aromatic N) is 2. The molecule has 26 heavy (non-hydrogen) atoms. The topological polar surface area (TPSA) is 40.6 Å². The Morgan fingerprint density at radius 2 is 1.50 bits per heavy atom. The Morgan fingerprint density at radius 1 is 0.846 bits per heavy atom. The summed E-state index contributed by atoms with van der Waals surface area (Å²) in [6.45, 7) is 4.78. The quantitative estimate of drug-likeness (QED) is 0.726. The van der Waals surface area contributed by atoms with Gasteiger partial charge in [0.2, 0.25) is 0 Å². The minimum atomic E-state index is -3.22. The van der Waals surface area contributed by atoms with Gasteiger partial charge in [0.15, 0.2) is 9.84 Å². The molecule has 0 radical (unpaired) electrons. The second-order valence-electron chi connectivity index (χ2n) is 6.46. The van der Waals surface area contributed by atoms with Gasteiger partial charge >= 0.3 is 0 Å². The second kappa shape index (κ2) is 8.72. The minimum Gasteiger partial charge on any atom is -0.300 e. The van der Waals surface area contributed by atoms with Crippen LogP contribution in [0.4, 0.5) is 0 Å². The average Bonchev–Trinajstić information content (AvgIpc) is 2.66. The van der Waals surface area contributed by atoms with Crippen molar-refractivity contribution < 1.29 is 8.42 Å². The molecule has 0 N–H and O–H groups in total. The SMILES string of the molecule is O=S(=O)(CCN1CCN(Cc2cccc(Cl)c2Cl)CC1)c1ccccc1. The maximum absolute atomic E-state index is 12.4. The van der Waals surface area contributed by atoms with Crippen LogP contribution < -0.4 is 0 Å². The van der Waals surface area contributed by atoms with Crippen molar-refractivity contribution in [2.24, 2.45) is 0 Å². The molecule has 0 unspecified atom stereocenters. The number of benzene rings is 2. The highest BCUT2D eigenvalue weighted by atomic mass is 35.5. The third kappa shape index (κ3) is 4.99. The molecule has 3 rings (SSSR count). The molecule has 1 heterocycles. The molecule has 1 aliphatic heterocycles. The molecule has 140 valence electrons. The predicted octanol–water partition coefficient (Wildman–Crippen LogP) is 3.58. The van der Waals surface area contributed by atoms with Crippen molar-refractivity contribution in [3.63, 3.8) is 0 Å². The summed E-state index contributed by atoms with van der Waals surface area (Å²) in [5.74, 6) is 0.150. The maximum atomic E-state index is 12.4. The fraction of sp³-hybridized carbons (Fsp3) is 0.368. The third-order valence-electron chi connectivity index (χ3n) is 4.67. The lowest BCUT2D eigenvalue weighted by Crippen LogP contribution is -2.47. The molecular formula is C19H22Cl2N2O2S. The summed E-state index contributed by atoms with van der Waals surface area (Å²) < 4.78 is 24.8. The molecule has 0 aromatic heterocycles. The average molecular weight is 413 g/mol. The molecule has 0 atom stereocenters. The van der Waals surface area contributed by atoms with Gasteiger partial charge in [-0.05, 0) is 23.8 Å². The number of hydrogen-bond acceptors (Lipinski definition) is 4. The molecule has 1 aliphatic rings. The first-order chi connectivity index (χ1) is 12.5. The standard InChI is InChI=1S/C19H22Cl2N2O2S/c20-18-8-4-5-16(19(18)21)15-23-11-9-22(10-12-23)13-14-26(24,25)17-6-2-1-3-7-17/h1-8H,9-15H2. The summed E-state index contributed by atoms with van der Waals surface area (Å²) >= 11 is 12.3. The van der Waals surface area contributed by atoms with Gasteiger partial charge in [-0.2, -0.15) is 0 Å². The van der Waals surface area contributed by atoms with Crippen molar-refractivity contribution in [1.82, 2.24) is 9.80 Å². The highest BCUT2D eigenvalue weighted by molar-refractivity contribution is 7.91. The van der Waals surface area contributed by atoms with E-state index in [0.717, 1.165) is 38.3 Å². The second-order valence-corrected chi connectivity index (χ2v) is 9.36. The molecule has 0 amide bonds. The van der Waals surface area contributed by atoms with Gasteiger partial charge in [0.25, 0.3) is 0 Å². The number of rotatable bonds is 6. The van der Waals surface area contributed by atoms with Gasteiger partial charge in [0.05, 0.1) is 20.7 Å². The number of halogens is 2. The normalized spacial score (nSPS) is 16.7. The first-order valence-electron chi connectivity index (χ1n) is 8.61. The van der Waals surface area contributed by atoms with Crippen LogP contribution in [0.3, 0.4) is 0 Å². The van der Waals surface area contributed by atoms with Crippen LogP contribution in [0.15, 0.2) is 53.4 Å². The van der Waals surface area contributed by atoms with Gasteiger partial charge in [-0.3, -0.25) is 9.80 Å². The summed E-state index contributed by atoms with van der Waals surface area (Å²) in [6.07, 6.45) is 0. The van der Waals surface area contributed by atoms with E-state index in [2.05, 4.69) is 9.80 Å². The van der Waals surface area contributed by atoms with Crippen LogP contribution >= 0.6 is 23.2 Å². The van der Waals surface area contributed by atoms with Crippen LogP contribution in [0.25, 0.3) is 0 Å². The highest BCUT2D eigenvalue weighted by Crippen LogP contribution is 2.26. The van der Waals surface area contributed by atoms with Gasteiger partial charge in [-0.15, -0.1) is 0 Å². The molecular weight excluding hydrogens is 391 g/mol. The zero-order chi connectivity index (χ0) is 18.6. The molecule has 2 aromatic carbocycles. The van der Waals surface area contributed by atoms with Crippen LogP contribution in [-0.4, -0.2) is 56.7 Å². The fourth-order valence-electron chi connectivity index (χ4n) is 3.08. The monoisotopic (exact) mass is 412 g/mol. The van der Waals surface area contributed by atoms with E-state index in [0.29, 0.717) is 21.5 Å². The molecule has 1 fully saturated rings. The van der Waals surface area contributed by atoms with Crippen LogP contribution in [0.2, 0.25) is 10.0 Å². The Bertz CT molecular complexity index is 836. The Balaban J connectivity index is 1.49. The molecule has 0 saturated carbocycles. The van der Waals surface area contributed by atoms with E-state index >= 15 is 0 Å². The first kappa shape index (κ1) is 19.6. The van der Waals surface area contributed by atoms with Crippen LogP contribution in [0.5, 0.6) is 0 Å². The first-order valence-corrected chi connectivity index (χ1v) is 11.0. The van der Waals surface area contributed by atoms with E-state index in [-0.39, 0.29) is 5.75 Å². The zero-order valence-corrected chi connectivity index (χ0v) is 16.8. The summed E-state index contributed by atoms with van der Waals surface area (Å²) in [5, 5.41) is 1.19. The summed E-state index contributed by atoms with van der Waals surface area (Å²) in [7, 11) is -3.22. The van der Waals surface area contributed by atoms with E-state index in [1.165, 1.54) is 0 Å². The van der Waals surface area contributed by atoms with Crippen LogP contribution in [0.1, 0.15) is 5.56 Å². The lowest BCUT2D eigenvalue weighted by atomic mass is 10.2. The van der Waals surface area contributed by atoms with E-state index in [1.807, 2.05) is 18.2 Å². The van der Waals surface area contributed by atoms with Gasteiger partial charge in [0.1, 0.15) is 0 Å². The van der Waals surface area contributed by atoms with Crippen molar-refractivity contribution in [2.45, 2.75) is 11.4 Å².